The van der Waals surface area contributed by atoms with Gasteiger partial charge >= 0.3 is 0 Å². The predicted octanol–water partition coefficient (Wildman–Crippen LogP) is 7.71. The Bertz CT molecular complexity index is 1080. The number of alkyl halides is 1. The number of benzene rings is 1. The van der Waals surface area contributed by atoms with Crippen LogP contribution in [0.3, 0.4) is 0 Å². The second kappa shape index (κ2) is 14.1. The third-order valence-corrected chi connectivity index (χ3v) is 7.13. The van der Waals surface area contributed by atoms with Gasteiger partial charge in [-0.25, -0.2) is 4.39 Å². The van der Waals surface area contributed by atoms with Crippen molar-refractivity contribution in [2.45, 2.75) is 80.4 Å². The molecule has 1 aromatic heterocycles. The quantitative estimate of drug-likeness (QED) is 0.222. The number of nitrogens with one attached hydrogen (secondary N) is 1. The molecule has 0 aliphatic heterocycles. The number of hydrogen-bond donors (Lipinski definition) is 2. The lowest BCUT2D eigenvalue weighted by Gasteiger charge is -2.25. The highest BCUT2D eigenvalue weighted by Gasteiger charge is 2.20. The minimum atomic E-state index is -1.26. The molecule has 2 rings (SSSR count). The number of rotatable bonds is 13. The average Bonchev–Trinajstić information content (AvgIpc) is 2.84. The molecule has 0 amide bonds. The summed E-state index contributed by atoms with van der Waals surface area (Å²) in [5.41, 5.74) is 14.9. The summed E-state index contributed by atoms with van der Waals surface area (Å²) in [5.74, 6) is 0.545. The van der Waals surface area contributed by atoms with Crippen LogP contribution in [-0.2, 0) is 6.42 Å². The van der Waals surface area contributed by atoms with Crippen molar-refractivity contribution in [3.63, 3.8) is 0 Å². The Hall–Kier alpha value is -2.79. The number of pyridine rings is 1. The van der Waals surface area contributed by atoms with Crippen molar-refractivity contribution in [1.29, 1.82) is 0 Å². The molecule has 0 spiro atoms. The SMILES string of the molecule is C=C(NCC(C)C(CCC)CC(N)F)c1cc(CC)c(C)c(N=C(C)/C(C)=C/c2cccnc2C)c1. The summed E-state index contributed by atoms with van der Waals surface area (Å²) >= 11 is 0. The van der Waals surface area contributed by atoms with Crippen LogP contribution in [0.15, 0.2) is 47.6 Å². The summed E-state index contributed by atoms with van der Waals surface area (Å²) in [4.78, 5) is 9.40. The monoisotopic (exact) mass is 492 g/mol. The van der Waals surface area contributed by atoms with Crippen LogP contribution >= 0.6 is 0 Å². The minimum Gasteiger partial charge on any atom is -0.385 e. The van der Waals surface area contributed by atoms with Gasteiger partial charge in [0.05, 0.1) is 5.69 Å². The normalized spacial score (nSPS) is 14.9. The Morgan fingerprint density at radius 3 is 2.58 bits per heavy atom. The van der Waals surface area contributed by atoms with Gasteiger partial charge in [0, 0.05) is 29.8 Å². The Labute approximate surface area is 218 Å². The Morgan fingerprint density at radius 1 is 1.25 bits per heavy atom. The number of aromatic nitrogens is 1. The summed E-state index contributed by atoms with van der Waals surface area (Å²) < 4.78 is 13.5. The zero-order chi connectivity index (χ0) is 26.8. The third-order valence-electron chi connectivity index (χ3n) is 7.13. The summed E-state index contributed by atoms with van der Waals surface area (Å²) in [6.07, 6.45) is 6.00. The van der Waals surface area contributed by atoms with E-state index < -0.39 is 6.30 Å². The molecule has 4 nitrogen and oxygen atoms in total. The largest absolute Gasteiger partial charge is 0.385 e. The number of allylic oxidation sites excluding steroid dienone is 1. The summed E-state index contributed by atoms with van der Waals surface area (Å²) in [5, 5.41) is 3.50. The smallest absolute Gasteiger partial charge is 0.148 e. The third kappa shape index (κ3) is 8.41. The number of hydrogen-bond acceptors (Lipinski definition) is 4. The molecule has 0 radical (unpaired) electrons. The highest BCUT2D eigenvalue weighted by atomic mass is 19.1. The number of aliphatic imine (C=N–C) groups is 1. The van der Waals surface area contributed by atoms with Crippen molar-refractivity contribution in [2.24, 2.45) is 22.6 Å². The number of aryl methyl sites for hydroxylation is 2. The van der Waals surface area contributed by atoms with E-state index in [2.05, 4.69) is 75.8 Å². The topological polar surface area (TPSA) is 63.3 Å². The van der Waals surface area contributed by atoms with E-state index in [4.69, 9.17) is 10.7 Å². The van der Waals surface area contributed by atoms with E-state index in [0.717, 1.165) is 65.3 Å². The molecule has 0 fully saturated rings. The van der Waals surface area contributed by atoms with Gasteiger partial charge in [-0.3, -0.25) is 9.98 Å². The molecule has 36 heavy (non-hydrogen) atoms. The highest BCUT2D eigenvalue weighted by molar-refractivity contribution is 6.03. The fraction of sp³-hybridized carbons (Fsp3) is 0.484. The Morgan fingerprint density at radius 2 is 1.97 bits per heavy atom. The maximum absolute atomic E-state index is 13.5. The van der Waals surface area contributed by atoms with Crippen molar-refractivity contribution in [1.82, 2.24) is 10.3 Å². The van der Waals surface area contributed by atoms with Crippen LogP contribution in [0.2, 0.25) is 0 Å². The first-order chi connectivity index (χ1) is 17.1. The lowest BCUT2D eigenvalue weighted by molar-refractivity contribution is 0.219. The fourth-order valence-electron chi connectivity index (χ4n) is 4.52. The van der Waals surface area contributed by atoms with Crippen molar-refractivity contribution >= 4 is 23.2 Å². The van der Waals surface area contributed by atoms with Crippen molar-refractivity contribution < 1.29 is 4.39 Å². The van der Waals surface area contributed by atoms with Gasteiger partial charge < -0.3 is 11.1 Å². The molecule has 0 aliphatic carbocycles. The molecule has 3 N–H and O–H groups in total. The standard InChI is InChI=1S/C31H45FN4/c1-9-12-27(18-31(32)33)21(4)19-35-25(8)29-16-26(10-2)22(5)30(17-29)36-23(6)20(3)15-28-13-11-14-34-24(28)7/h11,13-17,21,27,31,35H,8-10,12,18-19,33H2,1-7H3/b20-15+,36-23?. The number of halogens is 1. The summed E-state index contributed by atoms with van der Waals surface area (Å²) in [7, 11) is 0. The van der Waals surface area contributed by atoms with Crippen LogP contribution in [0.1, 0.15) is 81.8 Å². The van der Waals surface area contributed by atoms with Crippen LogP contribution in [0.4, 0.5) is 10.1 Å². The van der Waals surface area contributed by atoms with E-state index in [0.29, 0.717) is 12.3 Å². The molecule has 0 aliphatic rings. The fourth-order valence-corrected chi connectivity index (χ4v) is 4.52. The first-order valence-corrected chi connectivity index (χ1v) is 13.2. The van der Waals surface area contributed by atoms with Gasteiger partial charge in [0.2, 0.25) is 0 Å². The van der Waals surface area contributed by atoms with E-state index in [1.54, 1.807) is 0 Å². The first-order valence-electron chi connectivity index (χ1n) is 13.2. The van der Waals surface area contributed by atoms with Crippen molar-refractivity contribution in [3.05, 3.63) is 70.6 Å². The van der Waals surface area contributed by atoms with E-state index in [9.17, 15) is 4.39 Å². The van der Waals surface area contributed by atoms with Crippen LogP contribution in [0, 0.1) is 25.7 Å². The van der Waals surface area contributed by atoms with Gasteiger partial charge in [-0.15, -0.1) is 0 Å². The molecule has 196 valence electrons. The van der Waals surface area contributed by atoms with Gasteiger partial charge in [-0.1, -0.05) is 46.3 Å². The van der Waals surface area contributed by atoms with Gasteiger partial charge in [0.1, 0.15) is 6.30 Å². The van der Waals surface area contributed by atoms with Gasteiger partial charge in [-0.05, 0) is 104 Å². The molecule has 3 atom stereocenters. The molecule has 0 saturated carbocycles. The van der Waals surface area contributed by atoms with Crippen LogP contribution in [0.25, 0.3) is 11.8 Å². The van der Waals surface area contributed by atoms with Gasteiger partial charge in [-0.2, -0.15) is 0 Å². The van der Waals surface area contributed by atoms with E-state index in [-0.39, 0.29) is 5.92 Å². The molecule has 5 heteroatoms. The number of nitrogens with two attached hydrogens (primary N) is 1. The molecule has 1 aromatic carbocycles. The maximum Gasteiger partial charge on any atom is 0.148 e. The zero-order valence-electron chi connectivity index (χ0n) is 23.3. The first kappa shape index (κ1) is 29.4. The number of nitrogens with zero attached hydrogens (tertiary/aromatic N) is 2. The molecule has 0 bridgehead atoms. The molecule has 3 unspecified atom stereocenters. The Balaban J connectivity index is 2.27. The molecule has 2 aromatic rings. The van der Waals surface area contributed by atoms with Gasteiger partial charge in [0.25, 0.3) is 0 Å². The van der Waals surface area contributed by atoms with E-state index in [1.165, 1.54) is 11.1 Å². The molecule has 1 heterocycles. The van der Waals surface area contributed by atoms with Gasteiger partial charge in [0.15, 0.2) is 0 Å². The highest BCUT2D eigenvalue weighted by Crippen LogP contribution is 2.29. The summed E-state index contributed by atoms with van der Waals surface area (Å²) in [6.45, 7) is 19.8. The molecular formula is C31H45FN4. The molecular weight excluding hydrogens is 447 g/mol. The summed E-state index contributed by atoms with van der Waals surface area (Å²) in [6, 6.07) is 8.34. The second-order valence-electron chi connectivity index (χ2n) is 9.97. The van der Waals surface area contributed by atoms with Crippen molar-refractivity contribution in [3.8, 4) is 0 Å². The lowest BCUT2D eigenvalue weighted by Crippen LogP contribution is -2.29. The Kier molecular flexibility index (Phi) is 11.5. The van der Waals surface area contributed by atoms with Crippen LogP contribution < -0.4 is 11.1 Å². The van der Waals surface area contributed by atoms with Crippen LogP contribution in [0.5, 0.6) is 0 Å². The maximum atomic E-state index is 13.5. The predicted molar refractivity (Wildman–Crippen MR) is 154 cm³/mol. The minimum absolute atomic E-state index is 0.251. The zero-order valence-corrected chi connectivity index (χ0v) is 23.3. The second-order valence-corrected chi connectivity index (χ2v) is 9.97. The van der Waals surface area contributed by atoms with E-state index in [1.807, 2.05) is 26.1 Å². The lowest BCUT2D eigenvalue weighted by atomic mass is 9.86. The average molecular weight is 493 g/mol. The molecule has 0 saturated heterocycles. The van der Waals surface area contributed by atoms with Crippen molar-refractivity contribution in [2.75, 3.05) is 6.54 Å². The van der Waals surface area contributed by atoms with Crippen LogP contribution in [-0.4, -0.2) is 23.5 Å². The van der Waals surface area contributed by atoms with E-state index >= 15 is 0 Å².